The number of carbonyl (C=O) groups is 1. The summed E-state index contributed by atoms with van der Waals surface area (Å²) in [5.41, 5.74) is 3.09. The molecule has 2 aromatic carbocycles. The molecule has 5 rings (SSSR count). The van der Waals surface area contributed by atoms with Crippen LogP contribution < -0.4 is 0 Å². The summed E-state index contributed by atoms with van der Waals surface area (Å²) < 4.78 is 30.5. The van der Waals surface area contributed by atoms with Gasteiger partial charge in [-0.2, -0.15) is 8.78 Å². The van der Waals surface area contributed by atoms with E-state index in [9.17, 15) is 13.6 Å². The Labute approximate surface area is 165 Å². The molecule has 6 nitrogen and oxygen atoms in total. The Morgan fingerprint density at radius 3 is 2.69 bits per heavy atom. The Morgan fingerprint density at radius 1 is 1.10 bits per heavy atom. The third kappa shape index (κ3) is 3.09. The van der Waals surface area contributed by atoms with Gasteiger partial charge in [0.1, 0.15) is 0 Å². The highest BCUT2D eigenvalue weighted by molar-refractivity contribution is 5.99. The highest BCUT2D eigenvalue weighted by Crippen LogP contribution is 2.37. The van der Waals surface area contributed by atoms with Crippen LogP contribution in [0.4, 0.5) is 8.78 Å². The van der Waals surface area contributed by atoms with Crippen LogP contribution in [-0.4, -0.2) is 32.7 Å². The molecule has 0 aliphatic carbocycles. The van der Waals surface area contributed by atoms with Gasteiger partial charge in [0.2, 0.25) is 5.89 Å². The number of carbonyl (C=O) groups excluding carboxylic acids is 1. The van der Waals surface area contributed by atoms with Crippen LogP contribution in [0.25, 0.3) is 11.5 Å². The maximum absolute atomic E-state index is 13.2. The molecule has 2 aliphatic rings. The predicted molar refractivity (Wildman–Crippen MR) is 99.7 cm³/mol. The van der Waals surface area contributed by atoms with E-state index >= 15 is 0 Å². The first kappa shape index (κ1) is 17.9. The van der Waals surface area contributed by atoms with Crippen molar-refractivity contribution in [1.29, 1.82) is 0 Å². The number of benzene rings is 2. The summed E-state index contributed by atoms with van der Waals surface area (Å²) in [7, 11) is 0. The van der Waals surface area contributed by atoms with Gasteiger partial charge in [-0.25, -0.2) is 5.01 Å². The number of hydrogen-bond donors (Lipinski definition) is 0. The van der Waals surface area contributed by atoms with Crippen molar-refractivity contribution in [2.75, 3.05) is 6.54 Å². The molecule has 0 bridgehead atoms. The fourth-order valence-electron chi connectivity index (χ4n) is 4.12. The summed E-state index contributed by atoms with van der Waals surface area (Å²) in [5, 5.41) is 11.0. The topological polar surface area (TPSA) is 62.5 Å². The molecule has 1 amide bonds. The molecule has 0 saturated carbocycles. The number of aromatic nitrogens is 2. The van der Waals surface area contributed by atoms with Crippen molar-refractivity contribution in [3.63, 3.8) is 0 Å². The summed E-state index contributed by atoms with van der Waals surface area (Å²) in [4.78, 5) is 13.2. The van der Waals surface area contributed by atoms with Crippen molar-refractivity contribution in [1.82, 2.24) is 20.2 Å². The van der Waals surface area contributed by atoms with Crippen LogP contribution in [-0.2, 0) is 6.54 Å². The van der Waals surface area contributed by atoms with E-state index in [0.717, 1.165) is 24.9 Å². The quantitative estimate of drug-likeness (QED) is 0.655. The summed E-state index contributed by atoms with van der Waals surface area (Å²) >= 11 is 0. The van der Waals surface area contributed by atoms with Crippen molar-refractivity contribution in [2.24, 2.45) is 0 Å². The van der Waals surface area contributed by atoms with E-state index < -0.39 is 12.3 Å². The van der Waals surface area contributed by atoms with E-state index in [1.165, 1.54) is 5.56 Å². The summed E-state index contributed by atoms with van der Waals surface area (Å²) in [5.74, 6) is -0.841. The van der Waals surface area contributed by atoms with Crippen molar-refractivity contribution in [3.05, 3.63) is 71.1 Å². The molecule has 1 fully saturated rings. The van der Waals surface area contributed by atoms with Crippen molar-refractivity contribution < 1.29 is 18.0 Å². The van der Waals surface area contributed by atoms with Crippen LogP contribution >= 0.6 is 0 Å². The van der Waals surface area contributed by atoms with Gasteiger partial charge in [-0.1, -0.05) is 36.4 Å². The molecular formula is C21H18F2N4O2. The summed E-state index contributed by atoms with van der Waals surface area (Å²) in [6.45, 7) is 1.30. The van der Waals surface area contributed by atoms with Gasteiger partial charge in [0.05, 0.1) is 12.6 Å². The lowest BCUT2D eigenvalue weighted by molar-refractivity contribution is -0.0189. The number of hydrogen-bond acceptors (Lipinski definition) is 5. The van der Waals surface area contributed by atoms with E-state index in [-0.39, 0.29) is 17.8 Å². The summed E-state index contributed by atoms with van der Waals surface area (Å²) in [6, 6.07) is 15.5. The van der Waals surface area contributed by atoms with Crippen LogP contribution in [0.2, 0.25) is 0 Å². The first-order chi connectivity index (χ1) is 14.1. The second-order valence-corrected chi connectivity index (χ2v) is 7.21. The Hall–Kier alpha value is -3.13. The van der Waals surface area contributed by atoms with Gasteiger partial charge < -0.3 is 4.42 Å². The SMILES string of the molecule is O=C1c2cc(-c3nnc(C(F)F)o3)ccc2CN1N1CCCC1c1ccccc1. The normalized spacial score (nSPS) is 19.3. The lowest BCUT2D eigenvalue weighted by Crippen LogP contribution is -2.42. The van der Waals surface area contributed by atoms with Crippen LogP contribution in [0.5, 0.6) is 0 Å². The summed E-state index contributed by atoms with van der Waals surface area (Å²) in [6.07, 6.45) is -0.815. The predicted octanol–water partition coefficient (Wildman–Crippen LogP) is 4.38. The average molecular weight is 396 g/mol. The minimum absolute atomic E-state index is 0.0160. The van der Waals surface area contributed by atoms with Gasteiger partial charge in [0, 0.05) is 17.7 Å². The van der Waals surface area contributed by atoms with Gasteiger partial charge >= 0.3 is 6.43 Å². The number of rotatable bonds is 4. The number of nitrogens with zero attached hydrogens (tertiary/aromatic N) is 4. The highest BCUT2D eigenvalue weighted by atomic mass is 19.3. The minimum atomic E-state index is -2.83. The van der Waals surface area contributed by atoms with Crippen LogP contribution in [0, 0.1) is 0 Å². The molecule has 0 spiro atoms. The van der Waals surface area contributed by atoms with Gasteiger partial charge in [-0.3, -0.25) is 9.80 Å². The van der Waals surface area contributed by atoms with E-state index in [2.05, 4.69) is 27.3 Å². The lowest BCUT2D eigenvalue weighted by Gasteiger charge is -2.33. The fourth-order valence-corrected chi connectivity index (χ4v) is 4.12. The molecule has 148 valence electrons. The zero-order valence-corrected chi connectivity index (χ0v) is 15.5. The molecule has 0 N–H and O–H groups in total. The zero-order valence-electron chi connectivity index (χ0n) is 15.5. The molecule has 3 aromatic rings. The minimum Gasteiger partial charge on any atom is -0.415 e. The molecule has 3 heterocycles. The van der Waals surface area contributed by atoms with E-state index in [0.29, 0.717) is 17.7 Å². The monoisotopic (exact) mass is 396 g/mol. The number of halogens is 2. The molecule has 1 unspecified atom stereocenters. The van der Waals surface area contributed by atoms with E-state index in [1.54, 1.807) is 17.1 Å². The third-order valence-corrected chi connectivity index (χ3v) is 5.49. The maximum Gasteiger partial charge on any atom is 0.314 e. The van der Waals surface area contributed by atoms with E-state index in [1.807, 2.05) is 24.3 Å². The van der Waals surface area contributed by atoms with Gasteiger partial charge in [-0.05, 0) is 36.1 Å². The smallest absolute Gasteiger partial charge is 0.314 e. The molecule has 1 saturated heterocycles. The largest absolute Gasteiger partial charge is 0.415 e. The van der Waals surface area contributed by atoms with Crippen molar-refractivity contribution in [2.45, 2.75) is 31.9 Å². The van der Waals surface area contributed by atoms with Gasteiger partial charge in [-0.15, -0.1) is 10.2 Å². The fraction of sp³-hybridized carbons (Fsp3) is 0.286. The third-order valence-electron chi connectivity index (χ3n) is 5.49. The highest BCUT2D eigenvalue weighted by Gasteiger charge is 2.38. The lowest BCUT2D eigenvalue weighted by atomic mass is 10.1. The number of fused-ring (bicyclic) bond motifs is 1. The molecule has 1 aromatic heterocycles. The number of alkyl halides is 2. The molecule has 1 atom stereocenters. The number of amides is 1. The van der Waals surface area contributed by atoms with Crippen LogP contribution in [0.1, 0.15) is 52.7 Å². The first-order valence-electron chi connectivity index (χ1n) is 9.50. The van der Waals surface area contributed by atoms with E-state index in [4.69, 9.17) is 4.42 Å². The van der Waals surface area contributed by atoms with Gasteiger partial charge in [0.15, 0.2) is 0 Å². The second-order valence-electron chi connectivity index (χ2n) is 7.21. The van der Waals surface area contributed by atoms with Crippen molar-refractivity contribution >= 4 is 5.91 Å². The van der Waals surface area contributed by atoms with Crippen LogP contribution in [0.15, 0.2) is 52.9 Å². The van der Waals surface area contributed by atoms with Gasteiger partial charge in [0.25, 0.3) is 11.8 Å². The number of hydrazine groups is 1. The van der Waals surface area contributed by atoms with Crippen molar-refractivity contribution in [3.8, 4) is 11.5 Å². The average Bonchev–Trinajstić information content (AvgIpc) is 3.47. The maximum atomic E-state index is 13.2. The zero-order chi connectivity index (χ0) is 20.0. The standard InChI is InChI=1S/C21H18F2N4O2/c22-18(23)20-25-24-19(29-20)14-8-9-15-12-27(21(28)16(15)11-14)26-10-4-7-17(26)13-5-2-1-3-6-13/h1-3,5-6,8-9,11,17-18H,4,7,10,12H2. The Balaban J connectivity index is 1.42. The molecule has 0 radical (unpaired) electrons. The molecule has 29 heavy (non-hydrogen) atoms. The molecule has 2 aliphatic heterocycles. The Kier molecular flexibility index (Phi) is 4.35. The Bertz CT molecular complexity index is 1050. The molecule has 8 heteroatoms. The van der Waals surface area contributed by atoms with Crippen LogP contribution in [0.3, 0.4) is 0 Å². The molecular weight excluding hydrogens is 378 g/mol. The Morgan fingerprint density at radius 2 is 1.93 bits per heavy atom. The second kappa shape index (κ2) is 7.04. The first-order valence-corrected chi connectivity index (χ1v) is 9.50.